The number of hydrogen-bond donors (Lipinski definition) is 4. The lowest BCUT2D eigenvalue weighted by Crippen LogP contribution is -2.42. The van der Waals surface area contributed by atoms with Gasteiger partial charge in [-0.25, -0.2) is 15.0 Å². The van der Waals surface area contributed by atoms with E-state index in [1.54, 1.807) is 14.0 Å². The second kappa shape index (κ2) is 8.34. The number of aromatic nitrogens is 4. The normalized spacial score (nSPS) is 23.6. The van der Waals surface area contributed by atoms with Gasteiger partial charge < -0.3 is 25.6 Å². The molecule has 3 unspecified atom stereocenters. The zero-order valence-corrected chi connectivity index (χ0v) is 16.7. The van der Waals surface area contributed by atoms with Crippen LogP contribution in [0.3, 0.4) is 0 Å². The van der Waals surface area contributed by atoms with Gasteiger partial charge >= 0.3 is 0 Å². The maximum absolute atomic E-state index is 12.2. The fourth-order valence-electron chi connectivity index (χ4n) is 3.56. The number of imidazole rings is 1. The minimum atomic E-state index is -1.37. The molecular weight excluding hydrogens is 388 g/mol. The van der Waals surface area contributed by atoms with Crippen LogP contribution in [0.1, 0.15) is 24.5 Å². The van der Waals surface area contributed by atoms with Crippen molar-refractivity contribution in [1.82, 2.24) is 24.8 Å². The third kappa shape index (κ3) is 3.60. The molecule has 0 saturated carbocycles. The number of aliphatic hydroxyl groups is 2. The first kappa shape index (κ1) is 20.2. The van der Waals surface area contributed by atoms with E-state index in [4.69, 9.17) is 4.74 Å². The number of fused-ring (bicyclic) bond motifs is 1. The first-order valence-corrected chi connectivity index (χ1v) is 9.78. The van der Waals surface area contributed by atoms with Crippen molar-refractivity contribution in [3.8, 4) is 0 Å². The van der Waals surface area contributed by atoms with Crippen LogP contribution in [0.5, 0.6) is 0 Å². The number of nitrogens with zero attached hydrogens (tertiary/aromatic N) is 4. The number of likely N-dealkylation sites (N-methyl/N-ethyl adjacent to an activating group) is 1. The van der Waals surface area contributed by atoms with Crippen LogP contribution < -0.4 is 10.6 Å². The van der Waals surface area contributed by atoms with Gasteiger partial charge in [0.05, 0.1) is 6.33 Å². The van der Waals surface area contributed by atoms with Gasteiger partial charge in [0.1, 0.15) is 18.0 Å². The zero-order valence-electron chi connectivity index (χ0n) is 16.7. The van der Waals surface area contributed by atoms with E-state index in [0.717, 1.165) is 5.56 Å². The molecule has 10 heteroatoms. The maximum atomic E-state index is 12.2. The third-order valence-corrected chi connectivity index (χ3v) is 5.03. The van der Waals surface area contributed by atoms with E-state index in [0.29, 0.717) is 35.8 Å². The van der Waals surface area contributed by atoms with Crippen molar-refractivity contribution < 1.29 is 19.7 Å². The molecule has 3 aromatic rings. The number of nitrogens with one attached hydrogen (secondary N) is 2. The average molecular weight is 412 g/mol. The Kier molecular flexibility index (Phi) is 5.62. The summed E-state index contributed by atoms with van der Waals surface area (Å²) in [4.78, 5) is 25.7. The summed E-state index contributed by atoms with van der Waals surface area (Å²) < 4.78 is 7.24. The molecular formula is C20H24N6O4. The molecule has 4 rings (SSSR count). The number of amides is 1. The molecule has 0 radical (unpaired) electrons. The van der Waals surface area contributed by atoms with Crippen LogP contribution in [0.4, 0.5) is 5.82 Å². The Morgan fingerprint density at radius 2 is 1.97 bits per heavy atom. The number of carbonyl (C=O) groups is 1. The highest BCUT2D eigenvalue weighted by atomic mass is 16.6. The number of benzene rings is 1. The predicted octanol–water partition coefficient (Wildman–Crippen LogP) is 0.214. The molecule has 0 spiro atoms. The van der Waals surface area contributed by atoms with Gasteiger partial charge in [-0.05, 0) is 12.5 Å². The highest BCUT2D eigenvalue weighted by Crippen LogP contribution is 2.32. The molecule has 1 amide bonds. The number of aliphatic hydroxyl groups excluding tert-OH is 2. The first-order valence-electron chi connectivity index (χ1n) is 9.78. The Balaban J connectivity index is 1.71. The smallest absolute Gasteiger partial charge is 0.252 e. The SMILES string of the molecule is CCNC(=O)[C@@H]1OC(n2cnc3c(NC)nc(Cc4ccccc4)nc32)C(O)C1O. The van der Waals surface area contributed by atoms with Gasteiger partial charge in [-0.3, -0.25) is 9.36 Å². The standard InChI is InChI=1S/C20H24N6O4/c1-3-22-19(29)16-14(27)15(28)20(30-16)26-10-23-13-17(21-2)24-12(25-18(13)26)9-11-7-5-4-6-8-11/h4-8,10,14-16,20,27-28H,3,9H2,1-2H3,(H,22,29)(H,21,24,25)/t14?,15?,16-,20?/m1/s1. The van der Waals surface area contributed by atoms with E-state index in [1.165, 1.54) is 10.9 Å². The molecule has 4 N–H and O–H groups in total. The monoisotopic (exact) mass is 412 g/mol. The second-order valence-corrected chi connectivity index (χ2v) is 7.05. The fraction of sp³-hybridized carbons (Fsp3) is 0.400. The van der Waals surface area contributed by atoms with Gasteiger partial charge in [0.15, 0.2) is 29.3 Å². The number of carbonyl (C=O) groups excluding carboxylic acids is 1. The maximum Gasteiger partial charge on any atom is 0.252 e. The summed E-state index contributed by atoms with van der Waals surface area (Å²) in [6.07, 6.45) is -2.91. The summed E-state index contributed by atoms with van der Waals surface area (Å²) >= 11 is 0. The first-order chi connectivity index (χ1) is 14.5. The number of rotatable bonds is 6. The van der Waals surface area contributed by atoms with Crippen LogP contribution in [0, 0.1) is 0 Å². The Labute approximate surface area is 172 Å². The van der Waals surface area contributed by atoms with Gasteiger partial charge in [0.25, 0.3) is 5.91 Å². The molecule has 1 saturated heterocycles. The van der Waals surface area contributed by atoms with Crippen molar-refractivity contribution in [2.75, 3.05) is 18.9 Å². The van der Waals surface area contributed by atoms with E-state index in [1.807, 2.05) is 30.3 Å². The number of hydrogen-bond acceptors (Lipinski definition) is 8. The molecule has 1 fully saturated rings. The topological polar surface area (TPSA) is 134 Å². The van der Waals surface area contributed by atoms with E-state index >= 15 is 0 Å². The van der Waals surface area contributed by atoms with Crippen molar-refractivity contribution >= 4 is 22.9 Å². The van der Waals surface area contributed by atoms with Crippen LogP contribution in [0.15, 0.2) is 36.7 Å². The molecule has 1 aliphatic rings. The van der Waals surface area contributed by atoms with Gasteiger partial charge in [-0.1, -0.05) is 30.3 Å². The lowest BCUT2D eigenvalue weighted by atomic mass is 10.1. The molecule has 10 nitrogen and oxygen atoms in total. The fourth-order valence-corrected chi connectivity index (χ4v) is 3.56. The lowest BCUT2D eigenvalue weighted by Gasteiger charge is -2.17. The minimum Gasteiger partial charge on any atom is -0.387 e. The van der Waals surface area contributed by atoms with Crippen molar-refractivity contribution in [3.05, 3.63) is 48.0 Å². The van der Waals surface area contributed by atoms with Gasteiger partial charge in [-0.2, -0.15) is 0 Å². The molecule has 2 aromatic heterocycles. The van der Waals surface area contributed by atoms with Crippen molar-refractivity contribution in [3.63, 3.8) is 0 Å². The van der Waals surface area contributed by atoms with Crippen molar-refractivity contribution in [2.45, 2.75) is 37.9 Å². The summed E-state index contributed by atoms with van der Waals surface area (Å²) in [7, 11) is 1.74. The van der Waals surface area contributed by atoms with E-state index < -0.39 is 30.4 Å². The highest BCUT2D eigenvalue weighted by Gasteiger charge is 2.47. The molecule has 1 aliphatic heterocycles. The molecule has 158 valence electrons. The van der Waals surface area contributed by atoms with E-state index in [9.17, 15) is 15.0 Å². The van der Waals surface area contributed by atoms with Gasteiger partial charge in [0.2, 0.25) is 0 Å². The van der Waals surface area contributed by atoms with Gasteiger partial charge in [-0.15, -0.1) is 0 Å². The molecule has 0 aliphatic carbocycles. The summed E-state index contributed by atoms with van der Waals surface area (Å²) in [6, 6.07) is 9.81. The Hall–Kier alpha value is -3.08. The quantitative estimate of drug-likeness (QED) is 0.452. The molecule has 4 atom stereocenters. The summed E-state index contributed by atoms with van der Waals surface area (Å²) in [5.74, 6) is 0.623. The molecule has 0 bridgehead atoms. The van der Waals surface area contributed by atoms with Crippen LogP contribution in [0.2, 0.25) is 0 Å². The zero-order chi connectivity index (χ0) is 21.3. The van der Waals surface area contributed by atoms with E-state index in [2.05, 4.69) is 25.6 Å². The van der Waals surface area contributed by atoms with Crippen LogP contribution in [0.25, 0.3) is 11.2 Å². The lowest BCUT2D eigenvalue weighted by molar-refractivity contribution is -0.137. The Morgan fingerprint density at radius 1 is 1.20 bits per heavy atom. The highest BCUT2D eigenvalue weighted by molar-refractivity contribution is 5.83. The Bertz CT molecular complexity index is 1040. The minimum absolute atomic E-state index is 0.391. The number of anilines is 1. The number of ether oxygens (including phenoxy) is 1. The largest absolute Gasteiger partial charge is 0.387 e. The molecule has 1 aromatic carbocycles. The Morgan fingerprint density at radius 3 is 2.67 bits per heavy atom. The molecule has 30 heavy (non-hydrogen) atoms. The third-order valence-electron chi connectivity index (χ3n) is 5.03. The van der Waals surface area contributed by atoms with Crippen LogP contribution >= 0.6 is 0 Å². The average Bonchev–Trinajstić information content (AvgIpc) is 3.29. The van der Waals surface area contributed by atoms with Gasteiger partial charge in [0, 0.05) is 20.0 Å². The van der Waals surface area contributed by atoms with E-state index in [-0.39, 0.29) is 0 Å². The summed E-state index contributed by atoms with van der Waals surface area (Å²) in [6.45, 7) is 2.16. The van der Waals surface area contributed by atoms with Crippen LogP contribution in [-0.4, -0.2) is 67.5 Å². The second-order valence-electron chi connectivity index (χ2n) is 7.05. The summed E-state index contributed by atoms with van der Waals surface area (Å²) in [5.41, 5.74) is 1.99. The summed E-state index contributed by atoms with van der Waals surface area (Å²) in [5, 5.41) is 26.5. The van der Waals surface area contributed by atoms with Crippen molar-refractivity contribution in [1.29, 1.82) is 0 Å². The molecule has 3 heterocycles. The van der Waals surface area contributed by atoms with Crippen molar-refractivity contribution in [2.24, 2.45) is 0 Å². The van der Waals surface area contributed by atoms with Crippen LogP contribution in [-0.2, 0) is 16.0 Å². The predicted molar refractivity (Wildman–Crippen MR) is 109 cm³/mol.